The van der Waals surface area contributed by atoms with E-state index >= 15 is 0 Å². The Morgan fingerprint density at radius 2 is 2.08 bits per heavy atom. The molecule has 0 aromatic heterocycles. The number of aliphatic hydroxyl groups excluding tert-OH is 3. The molecule has 0 radical (unpaired) electrons. The van der Waals surface area contributed by atoms with Gasteiger partial charge >= 0.3 is 0 Å². The third-order valence-electron chi connectivity index (χ3n) is 2.44. The summed E-state index contributed by atoms with van der Waals surface area (Å²) in [6.45, 7) is 1.17. The molecule has 1 heterocycles. The number of carbonyl (C=O) groups excluding carboxylic acids is 1. The molecule has 3 N–H and O–H groups in total. The van der Waals surface area contributed by atoms with Gasteiger partial charge in [0.15, 0.2) is 0 Å². The molecule has 1 aliphatic rings. The summed E-state index contributed by atoms with van der Waals surface area (Å²) in [5.74, 6) is -0.224. The van der Waals surface area contributed by atoms with Crippen LogP contribution < -0.4 is 0 Å². The molecule has 76 valence electrons. The highest BCUT2D eigenvalue weighted by molar-refractivity contribution is 5.79. The van der Waals surface area contributed by atoms with Crippen molar-refractivity contribution in [3.8, 4) is 0 Å². The van der Waals surface area contributed by atoms with Crippen molar-refractivity contribution in [3.63, 3.8) is 0 Å². The second kappa shape index (κ2) is 3.61. The second-order valence-electron chi connectivity index (χ2n) is 3.68. The number of hydrogen-bond donors (Lipinski definition) is 3. The summed E-state index contributed by atoms with van der Waals surface area (Å²) >= 11 is 0. The SMILES string of the molecule is CC(CO)(CO)N1CC(O)CC1=O. The Bertz CT molecular complexity index is 202. The number of β-amino-alcohol motifs (C(OH)–C–C–N with tert-alkyl or cyclic N) is 1. The zero-order chi connectivity index (χ0) is 10.1. The minimum Gasteiger partial charge on any atom is -0.394 e. The third-order valence-corrected chi connectivity index (χ3v) is 2.44. The first kappa shape index (κ1) is 10.4. The zero-order valence-corrected chi connectivity index (χ0v) is 7.60. The molecule has 1 fully saturated rings. The highest BCUT2D eigenvalue weighted by Gasteiger charge is 2.40. The molecule has 0 aliphatic carbocycles. The van der Waals surface area contributed by atoms with Gasteiger partial charge in [0.25, 0.3) is 0 Å². The maximum Gasteiger partial charge on any atom is 0.225 e. The summed E-state index contributed by atoms with van der Waals surface area (Å²) in [6.07, 6.45) is -0.597. The minimum atomic E-state index is -0.950. The number of amides is 1. The number of hydrogen-bond acceptors (Lipinski definition) is 4. The fourth-order valence-electron chi connectivity index (χ4n) is 1.43. The van der Waals surface area contributed by atoms with Gasteiger partial charge in [0, 0.05) is 6.54 Å². The Labute approximate surface area is 76.6 Å². The zero-order valence-electron chi connectivity index (χ0n) is 7.60. The van der Waals surface area contributed by atoms with E-state index in [2.05, 4.69) is 0 Å². The van der Waals surface area contributed by atoms with Crippen LogP contribution in [0.3, 0.4) is 0 Å². The van der Waals surface area contributed by atoms with Crippen molar-refractivity contribution in [1.29, 1.82) is 0 Å². The first-order chi connectivity index (χ1) is 6.03. The maximum atomic E-state index is 11.3. The molecular formula is C8H15NO4. The van der Waals surface area contributed by atoms with Gasteiger partial charge in [-0.15, -0.1) is 0 Å². The Balaban J connectivity index is 2.75. The van der Waals surface area contributed by atoms with Crippen molar-refractivity contribution in [3.05, 3.63) is 0 Å². The van der Waals surface area contributed by atoms with E-state index in [9.17, 15) is 9.90 Å². The molecule has 1 amide bonds. The van der Waals surface area contributed by atoms with Gasteiger partial charge in [0.2, 0.25) is 5.91 Å². The van der Waals surface area contributed by atoms with Crippen LogP contribution in [0.15, 0.2) is 0 Å². The highest BCUT2D eigenvalue weighted by atomic mass is 16.3. The van der Waals surface area contributed by atoms with E-state index in [4.69, 9.17) is 10.2 Å². The van der Waals surface area contributed by atoms with Gasteiger partial charge in [-0.1, -0.05) is 0 Å². The van der Waals surface area contributed by atoms with Crippen LogP contribution in [0.25, 0.3) is 0 Å². The second-order valence-corrected chi connectivity index (χ2v) is 3.68. The predicted molar refractivity (Wildman–Crippen MR) is 44.9 cm³/mol. The third kappa shape index (κ3) is 1.82. The lowest BCUT2D eigenvalue weighted by atomic mass is 10.0. The van der Waals surface area contributed by atoms with Crippen molar-refractivity contribution in [2.24, 2.45) is 0 Å². The fourth-order valence-corrected chi connectivity index (χ4v) is 1.43. The van der Waals surface area contributed by atoms with Gasteiger partial charge in [0.05, 0.1) is 31.3 Å². The van der Waals surface area contributed by atoms with Gasteiger partial charge in [-0.05, 0) is 6.92 Å². The summed E-state index contributed by atoms with van der Waals surface area (Å²) in [6, 6.07) is 0. The molecule has 1 rings (SSSR count). The van der Waals surface area contributed by atoms with Crippen molar-refractivity contribution < 1.29 is 20.1 Å². The van der Waals surface area contributed by atoms with Crippen molar-refractivity contribution >= 4 is 5.91 Å². The van der Waals surface area contributed by atoms with Crippen molar-refractivity contribution in [1.82, 2.24) is 4.90 Å². The van der Waals surface area contributed by atoms with Crippen LogP contribution in [0.5, 0.6) is 0 Å². The Morgan fingerprint density at radius 3 is 2.38 bits per heavy atom. The Hall–Kier alpha value is -0.650. The van der Waals surface area contributed by atoms with E-state index in [0.29, 0.717) is 0 Å². The average molecular weight is 189 g/mol. The molecular weight excluding hydrogens is 174 g/mol. The number of aliphatic hydroxyl groups is 3. The topological polar surface area (TPSA) is 81.0 Å². The summed E-state index contributed by atoms with van der Waals surface area (Å²) in [5.41, 5.74) is -0.950. The predicted octanol–water partition coefficient (Wildman–Crippen LogP) is -1.68. The molecule has 0 aromatic carbocycles. The summed E-state index contributed by atoms with van der Waals surface area (Å²) in [4.78, 5) is 12.6. The van der Waals surface area contributed by atoms with Crippen molar-refractivity contribution in [2.75, 3.05) is 19.8 Å². The molecule has 0 aromatic rings. The normalized spacial score (nSPS) is 24.2. The van der Waals surface area contributed by atoms with Gasteiger partial charge in [-0.3, -0.25) is 4.79 Å². The van der Waals surface area contributed by atoms with Crippen LogP contribution in [-0.2, 0) is 4.79 Å². The lowest BCUT2D eigenvalue weighted by molar-refractivity contribution is -0.136. The minimum absolute atomic E-state index is 0.0790. The van der Waals surface area contributed by atoms with E-state index in [1.165, 1.54) is 4.90 Å². The van der Waals surface area contributed by atoms with E-state index in [-0.39, 0.29) is 32.1 Å². The molecule has 1 unspecified atom stereocenters. The molecule has 1 saturated heterocycles. The smallest absolute Gasteiger partial charge is 0.225 e. The van der Waals surface area contributed by atoms with Crippen molar-refractivity contribution in [2.45, 2.75) is 25.0 Å². The maximum absolute atomic E-state index is 11.3. The van der Waals surface area contributed by atoms with Gasteiger partial charge < -0.3 is 20.2 Å². The van der Waals surface area contributed by atoms with Gasteiger partial charge in [-0.25, -0.2) is 0 Å². The molecule has 5 nitrogen and oxygen atoms in total. The first-order valence-electron chi connectivity index (χ1n) is 4.24. The lowest BCUT2D eigenvalue weighted by Crippen LogP contribution is -2.53. The van der Waals surface area contributed by atoms with Crippen LogP contribution >= 0.6 is 0 Å². The first-order valence-corrected chi connectivity index (χ1v) is 4.24. The summed E-state index contributed by atoms with van der Waals surface area (Å²) in [7, 11) is 0. The van der Waals surface area contributed by atoms with Crippen LogP contribution in [-0.4, -0.2) is 57.5 Å². The molecule has 0 saturated carbocycles. The Kier molecular flexibility index (Phi) is 2.90. The average Bonchev–Trinajstić information content (AvgIpc) is 2.44. The van der Waals surface area contributed by atoms with Crippen LogP contribution in [0.2, 0.25) is 0 Å². The number of nitrogens with zero attached hydrogens (tertiary/aromatic N) is 1. The van der Waals surface area contributed by atoms with Crippen LogP contribution in [0.4, 0.5) is 0 Å². The molecule has 1 atom stereocenters. The Morgan fingerprint density at radius 1 is 1.54 bits per heavy atom. The number of likely N-dealkylation sites (tertiary alicyclic amines) is 1. The molecule has 0 spiro atoms. The summed E-state index contributed by atoms with van der Waals surface area (Å²) in [5, 5.41) is 27.2. The number of carbonyl (C=O) groups is 1. The van der Waals surface area contributed by atoms with E-state index in [0.717, 1.165) is 0 Å². The molecule has 1 aliphatic heterocycles. The lowest BCUT2D eigenvalue weighted by Gasteiger charge is -2.35. The fraction of sp³-hybridized carbons (Fsp3) is 0.875. The van der Waals surface area contributed by atoms with E-state index in [1.54, 1.807) is 6.92 Å². The molecule has 5 heteroatoms. The molecule has 0 bridgehead atoms. The van der Waals surface area contributed by atoms with E-state index in [1.807, 2.05) is 0 Å². The highest BCUT2D eigenvalue weighted by Crippen LogP contribution is 2.21. The van der Waals surface area contributed by atoms with Crippen LogP contribution in [0.1, 0.15) is 13.3 Å². The quantitative estimate of drug-likeness (QED) is 0.495. The monoisotopic (exact) mass is 189 g/mol. The van der Waals surface area contributed by atoms with E-state index < -0.39 is 11.6 Å². The largest absolute Gasteiger partial charge is 0.394 e. The number of rotatable bonds is 3. The standard InChI is InChI=1S/C8H15NO4/c1-8(4-10,5-11)9-3-6(12)2-7(9)13/h6,10-12H,2-5H2,1H3. The van der Waals surface area contributed by atoms with Gasteiger partial charge in [0.1, 0.15) is 0 Å². The molecule has 13 heavy (non-hydrogen) atoms. The summed E-state index contributed by atoms with van der Waals surface area (Å²) < 4.78 is 0. The van der Waals surface area contributed by atoms with Crippen LogP contribution in [0, 0.1) is 0 Å². The van der Waals surface area contributed by atoms with Gasteiger partial charge in [-0.2, -0.15) is 0 Å².